The molecular formula is C17H22FN3O2. The van der Waals surface area contributed by atoms with Gasteiger partial charge in [0.1, 0.15) is 11.4 Å². The predicted octanol–water partition coefficient (Wildman–Crippen LogP) is 3.86. The zero-order valence-electron chi connectivity index (χ0n) is 14.1. The fourth-order valence-electron chi connectivity index (χ4n) is 2.18. The smallest absolute Gasteiger partial charge is 0.407 e. The molecule has 1 amide bonds. The topological polar surface area (TPSA) is 67.0 Å². The van der Waals surface area contributed by atoms with Crippen LogP contribution in [0.4, 0.5) is 9.18 Å². The molecule has 0 saturated heterocycles. The number of hydrogen-bond donors (Lipinski definition) is 2. The molecule has 1 aromatic carbocycles. The molecule has 23 heavy (non-hydrogen) atoms. The van der Waals surface area contributed by atoms with E-state index in [-0.39, 0.29) is 12.4 Å². The summed E-state index contributed by atoms with van der Waals surface area (Å²) in [5, 5.41) is 9.73. The lowest BCUT2D eigenvalue weighted by atomic mass is 10.0. The number of nitrogens with one attached hydrogen (secondary N) is 2. The number of amides is 1. The Hall–Kier alpha value is -2.37. The minimum absolute atomic E-state index is 0.198. The largest absolute Gasteiger partial charge is 0.444 e. The van der Waals surface area contributed by atoms with E-state index in [9.17, 15) is 9.18 Å². The van der Waals surface area contributed by atoms with Gasteiger partial charge in [-0.2, -0.15) is 5.10 Å². The molecule has 2 N–H and O–H groups in total. The third-order valence-electron chi connectivity index (χ3n) is 3.19. The van der Waals surface area contributed by atoms with Crippen molar-refractivity contribution in [2.24, 2.45) is 0 Å². The van der Waals surface area contributed by atoms with Gasteiger partial charge in [0.2, 0.25) is 0 Å². The Morgan fingerprint density at radius 3 is 2.43 bits per heavy atom. The maximum atomic E-state index is 13.7. The minimum Gasteiger partial charge on any atom is -0.444 e. The Morgan fingerprint density at radius 1 is 1.26 bits per heavy atom. The van der Waals surface area contributed by atoms with Crippen LogP contribution in [-0.4, -0.2) is 21.9 Å². The number of carbonyl (C=O) groups is 1. The van der Waals surface area contributed by atoms with E-state index in [1.54, 1.807) is 46.8 Å². The van der Waals surface area contributed by atoms with E-state index >= 15 is 0 Å². The molecule has 0 aliphatic heterocycles. The van der Waals surface area contributed by atoms with Crippen molar-refractivity contribution in [1.82, 2.24) is 15.5 Å². The summed E-state index contributed by atoms with van der Waals surface area (Å²) in [6.45, 7) is 9.15. The number of ether oxygens (including phenoxy) is 1. The number of rotatable bonds is 3. The molecule has 1 aromatic heterocycles. The maximum Gasteiger partial charge on any atom is 0.407 e. The Morgan fingerprint density at radius 2 is 1.87 bits per heavy atom. The Bertz CT molecular complexity index is 694. The molecule has 0 aliphatic rings. The molecule has 0 saturated carbocycles. The second-order valence-electron chi connectivity index (χ2n) is 6.56. The van der Waals surface area contributed by atoms with Gasteiger partial charge in [-0.05, 0) is 63.9 Å². The number of aromatic amines is 1. The van der Waals surface area contributed by atoms with Crippen molar-refractivity contribution >= 4 is 6.09 Å². The van der Waals surface area contributed by atoms with Crippen LogP contribution >= 0.6 is 0 Å². The Balaban J connectivity index is 2.05. The SMILES string of the molecule is Cc1cc(-c2cc(CNC(=O)OC(C)(C)C)[nH]n2)cc(C)c1F. The zero-order valence-corrected chi connectivity index (χ0v) is 14.1. The highest BCUT2D eigenvalue weighted by Gasteiger charge is 2.16. The van der Waals surface area contributed by atoms with Crippen LogP contribution in [0.3, 0.4) is 0 Å². The van der Waals surface area contributed by atoms with E-state index in [4.69, 9.17) is 4.74 Å². The normalized spacial score (nSPS) is 11.4. The van der Waals surface area contributed by atoms with Gasteiger partial charge < -0.3 is 10.1 Å². The predicted molar refractivity (Wildman–Crippen MR) is 86.5 cm³/mol. The van der Waals surface area contributed by atoms with Gasteiger partial charge in [0.25, 0.3) is 0 Å². The summed E-state index contributed by atoms with van der Waals surface area (Å²) in [6, 6.07) is 5.33. The first-order valence-electron chi connectivity index (χ1n) is 7.44. The number of hydrogen-bond acceptors (Lipinski definition) is 3. The molecule has 5 nitrogen and oxygen atoms in total. The Kier molecular flexibility index (Phi) is 4.73. The van der Waals surface area contributed by atoms with E-state index in [1.165, 1.54) is 0 Å². The number of alkyl carbamates (subject to hydrolysis) is 1. The highest BCUT2D eigenvalue weighted by Crippen LogP contribution is 2.23. The molecule has 2 aromatic rings. The summed E-state index contributed by atoms with van der Waals surface area (Å²) >= 11 is 0. The van der Waals surface area contributed by atoms with Crippen molar-refractivity contribution in [3.63, 3.8) is 0 Å². The minimum atomic E-state index is -0.535. The second kappa shape index (κ2) is 6.40. The third-order valence-corrected chi connectivity index (χ3v) is 3.19. The van der Waals surface area contributed by atoms with Gasteiger partial charge in [-0.25, -0.2) is 9.18 Å². The lowest BCUT2D eigenvalue weighted by Gasteiger charge is -2.19. The maximum absolute atomic E-state index is 13.7. The molecule has 1 heterocycles. The van der Waals surface area contributed by atoms with Crippen LogP contribution in [0.2, 0.25) is 0 Å². The number of halogens is 1. The molecule has 0 radical (unpaired) electrons. The number of aromatic nitrogens is 2. The van der Waals surface area contributed by atoms with Crippen molar-refractivity contribution < 1.29 is 13.9 Å². The van der Waals surface area contributed by atoms with Crippen LogP contribution in [0.1, 0.15) is 37.6 Å². The summed E-state index contributed by atoms with van der Waals surface area (Å²) in [5.41, 5.74) is 2.91. The highest BCUT2D eigenvalue weighted by atomic mass is 19.1. The lowest BCUT2D eigenvalue weighted by molar-refractivity contribution is 0.0523. The molecule has 0 bridgehead atoms. The van der Waals surface area contributed by atoms with Gasteiger partial charge in [0.05, 0.1) is 17.9 Å². The molecule has 6 heteroatoms. The van der Waals surface area contributed by atoms with Crippen molar-refractivity contribution in [3.8, 4) is 11.3 Å². The fraction of sp³-hybridized carbons (Fsp3) is 0.412. The number of benzene rings is 1. The summed E-state index contributed by atoms with van der Waals surface area (Å²) in [6.07, 6.45) is -0.484. The first-order valence-corrected chi connectivity index (χ1v) is 7.44. The average Bonchev–Trinajstić information content (AvgIpc) is 2.89. The van der Waals surface area contributed by atoms with Crippen molar-refractivity contribution in [1.29, 1.82) is 0 Å². The number of aryl methyl sites for hydroxylation is 2. The molecule has 0 fully saturated rings. The summed E-state index contributed by atoms with van der Waals surface area (Å²) < 4.78 is 18.9. The van der Waals surface area contributed by atoms with E-state index in [0.717, 1.165) is 11.3 Å². The Labute approximate surface area is 135 Å². The van der Waals surface area contributed by atoms with Crippen LogP contribution in [0, 0.1) is 19.7 Å². The van der Waals surface area contributed by atoms with Gasteiger partial charge in [0, 0.05) is 5.56 Å². The average molecular weight is 319 g/mol. The van der Waals surface area contributed by atoms with Crippen molar-refractivity contribution in [2.45, 2.75) is 46.8 Å². The van der Waals surface area contributed by atoms with E-state index in [0.29, 0.717) is 16.8 Å². The molecule has 2 rings (SSSR count). The van der Waals surface area contributed by atoms with Crippen LogP contribution in [0.25, 0.3) is 11.3 Å². The number of nitrogens with zero attached hydrogens (tertiary/aromatic N) is 1. The molecule has 0 spiro atoms. The first kappa shape index (κ1) is 17.0. The molecular weight excluding hydrogens is 297 g/mol. The van der Waals surface area contributed by atoms with Crippen LogP contribution in [-0.2, 0) is 11.3 Å². The van der Waals surface area contributed by atoms with Crippen LogP contribution < -0.4 is 5.32 Å². The monoisotopic (exact) mass is 319 g/mol. The van der Waals surface area contributed by atoms with E-state index < -0.39 is 11.7 Å². The molecule has 0 aliphatic carbocycles. The van der Waals surface area contributed by atoms with Crippen LogP contribution in [0.5, 0.6) is 0 Å². The zero-order chi connectivity index (χ0) is 17.2. The summed E-state index contributed by atoms with van der Waals surface area (Å²) in [4.78, 5) is 11.6. The quantitative estimate of drug-likeness (QED) is 0.903. The molecule has 0 atom stereocenters. The van der Waals surface area contributed by atoms with Crippen molar-refractivity contribution in [3.05, 3.63) is 40.8 Å². The van der Waals surface area contributed by atoms with Gasteiger partial charge in [-0.1, -0.05) is 0 Å². The summed E-state index contributed by atoms with van der Waals surface area (Å²) in [7, 11) is 0. The molecule has 124 valence electrons. The highest BCUT2D eigenvalue weighted by molar-refractivity contribution is 5.68. The van der Waals surface area contributed by atoms with Gasteiger partial charge >= 0.3 is 6.09 Å². The van der Waals surface area contributed by atoms with Gasteiger partial charge in [-0.3, -0.25) is 5.10 Å². The number of H-pyrrole nitrogens is 1. The number of carbonyl (C=O) groups excluding carboxylic acids is 1. The first-order chi connectivity index (χ1) is 10.7. The van der Waals surface area contributed by atoms with Gasteiger partial charge in [0.15, 0.2) is 0 Å². The second-order valence-corrected chi connectivity index (χ2v) is 6.56. The third kappa shape index (κ3) is 4.55. The van der Waals surface area contributed by atoms with Gasteiger partial charge in [-0.15, -0.1) is 0 Å². The van der Waals surface area contributed by atoms with E-state index in [1.807, 2.05) is 6.07 Å². The standard InChI is InChI=1S/C17H22FN3O2/c1-10-6-12(7-11(2)15(10)18)14-8-13(20-21-14)9-19-16(22)23-17(3,4)5/h6-8H,9H2,1-5H3,(H,19,22)(H,20,21). The fourth-order valence-corrected chi connectivity index (χ4v) is 2.18. The molecule has 0 unspecified atom stereocenters. The van der Waals surface area contributed by atoms with Crippen molar-refractivity contribution in [2.75, 3.05) is 0 Å². The van der Waals surface area contributed by atoms with E-state index in [2.05, 4.69) is 15.5 Å². The summed E-state index contributed by atoms with van der Waals surface area (Å²) in [5.74, 6) is -0.198. The lowest BCUT2D eigenvalue weighted by Crippen LogP contribution is -2.32. The van der Waals surface area contributed by atoms with Crippen LogP contribution in [0.15, 0.2) is 18.2 Å².